The van der Waals surface area contributed by atoms with Crippen molar-refractivity contribution < 1.29 is 4.79 Å². The van der Waals surface area contributed by atoms with Crippen molar-refractivity contribution in [2.75, 3.05) is 5.32 Å². The molecule has 2 heterocycles. The number of amides is 1. The number of aryl methyl sites for hydroxylation is 1. The maximum Gasteiger partial charge on any atom is 0.256 e. The van der Waals surface area contributed by atoms with Gasteiger partial charge in [-0.25, -0.2) is 0 Å². The topological polar surface area (TPSA) is 29.1 Å². The number of thiophene rings is 1. The molecule has 19 heavy (non-hydrogen) atoms. The Bertz CT molecular complexity index is 718. The van der Waals surface area contributed by atoms with Gasteiger partial charge in [-0.3, -0.25) is 4.79 Å². The zero-order valence-electron chi connectivity index (χ0n) is 10.0. The number of anilines is 1. The summed E-state index contributed by atoms with van der Waals surface area (Å²) < 4.78 is 0. The van der Waals surface area contributed by atoms with Crippen LogP contribution in [0.25, 0.3) is 11.6 Å². The molecule has 0 aliphatic carbocycles. The van der Waals surface area contributed by atoms with E-state index >= 15 is 0 Å². The van der Waals surface area contributed by atoms with Crippen molar-refractivity contribution in [3.8, 4) is 0 Å². The van der Waals surface area contributed by atoms with E-state index in [1.54, 1.807) is 23.5 Å². The first kappa shape index (κ1) is 12.8. The number of carbonyl (C=O) groups excluding carboxylic acids is 1. The van der Waals surface area contributed by atoms with Crippen LogP contribution in [0, 0.1) is 6.92 Å². The molecule has 2 aromatic rings. The van der Waals surface area contributed by atoms with Crippen molar-refractivity contribution >= 4 is 58.8 Å². The molecule has 0 saturated heterocycles. The van der Waals surface area contributed by atoms with Crippen LogP contribution in [-0.4, -0.2) is 5.91 Å². The second-order valence-corrected chi connectivity index (χ2v) is 6.51. The van der Waals surface area contributed by atoms with E-state index in [2.05, 4.69) is 17.9 Å². The first-order valence-electron chi connectivity index (χ1n) is 5.67. The Morgan fingerprint density at radius 2 is 2.16 bits per heavy atom. The zero-order valence-corrected chi connectivity index (χ0v) is 12.5. The van der Waals surface area contributed by atoms with Crippen molar-refractivity contribution in [1.82, 2.24) is 0 Å². The molecule has 1 N–H and O–H groups in total. The molecular formula is C14H10ClNOS2. The number of halogens is 1. The highest BCUT2D eigenvalue weighted by Gasteiger charge is 2.24. The van der Waals surface area contributed by atoms with Crippen LogP contribution >= 0.6 is 35.6 Å². The van der Waals surface area contributed by atoms with Crippen molar-refractivity contribution in [2.45, 2.75) is 11.8 Å². The van der Waals surface area contributed by atoms with Gasteiger partial charge in [0, 0.05) is 30.9 Å². The SMILES string of the molecule is Cc1cc(S)c(C=C2C(=O)Nc3ccc(Cl)cc32)s1. The lowest BCUT2D eigenvalue weighted by Crippen LogP contribution is -2.03. The van der Waals surface area contributed by atoms with Crippen molar-refractivity contribution in [2.24, 2.45) is 0 Å². The standard InChI is InChI=1S/C14H10ClNOS2/c1-7-4-12(18)13(19-7)6-10-9-5-8(15)2-3-11(9)16-14(10)17/h2-6,18H,1H3,(H,16,17). The second-order valence-electron chi connectivity index (χ2n) is 4.31. The Hall–Kier alpha value is -1.23. The third-order valence-corrected chi connectivity index (χ3v) is 4.66. The van der Waals surface area contributed by atoms with Crippen LogP contribution in [0.2, 0.25) is 5.02 Å². The fourth-order valence-corrected chi connectivity index (χ4v) is 3.58. The Kier molecular flexibility index (Phi) is 3.17. The van der Waals surface area contributed by atoms with Gasteiger partial charge >= 0.3 is 0 Å². The average molecular weight is 308 g/mol. The predicted molar refractivity (Wildman–Crippen MR) is 84.3 cm³/mol. The molecule has 1 aliphatic heterocycles. The van der Waals surface area contributed by atoms with Gasteiger partial charge in [0.05, 0.1) is 5.57 Å². The number of benzene rings is 1. The third kappa shape index (κ3) is 2.31. The molecule has 0 spiro atoms. The lowest BCUT2D eigenvalue weighted by Gasteiger charge is -1.98. The number of fused-ring (bicyclic) bond motifs is 1. The molecule has 96 valence electrons. The van der Waals surface area contributed by atoms with Crippen molar-refractivity contribution in [3.05, 3.63) is 44.6 Å². The summed E-state index contributed by atoms with van der Waals surface area (Å²) in [6, 6.07) is 7.38. The first-order chi connectivity index (χ1) is 9.04. The summed E-state index contributed by atoms with van der Waals surface area (Å²) in [5.74, 6) is -0.101. The lowest BCUT2D eigenvalue weighted by atomic mass is 10.1. The molecule has 0 bridgehead atoms. The Balaban J connectivity index is 2.14. The van der Waals surface area contributed by atoms with E-state index < -0.39 is 0 Å². The first-order valence-corrected chi connectivity index (χ1v) is 7.31. The van der Waals surface area contributed by atoms with Crippen LogP contribution in [0.4, 0.5) is 5.69 Å². The third-order valence-electron chi connectivity index (χ3n) is 2.90. The minimum Gasteiger partial charge on any atom is -0.321 e. The van der Waals surface area contributed by atoms with E-state index in [9.17, 15) is 4.79 Å². The molecule has 1 aromatic heterocycles. The molecule has 0 radical (unpaired) electrons. The summed E-state index contributed by atoms with van der Waals surface area (Å²) in [6.07, 6.45) is 1.87. The van der Waals surface area contributed by atoms with Crippen LogP contribution in [0.1, 0.15) is 15.3 Å². The average Bonchev–Trinajstić information content (AvgIpc) is 2.81. The van der Waals surface area contributed by atoms with Gasteiger partial charge < -0.3 is 5.32 Å². The molecule has 0 fully saturated rings. The van der Waals surface area contributed by atoms with E-state index in [1.807, 2.05) is 25.1 Å². The number of hydrogen-bond acceptors (Lipinski definition) is 3. The Labute approximate surface area is 125 Å². The number of nitrogens with one attached hydrogen (secondary N) is 1. The number of hydrogen-bond donors (Lipinski definition) is 2. The van der Waals surface area contributed by atoms with Gasteiger partial charge in [-0.15, -0.1) is 24.0 Å². The van der Waals surface area contributed by atoms with Gasteiger partial charge in [0.2, 0.25) is 0 Å². The Morgan fingerprint density at radius 3 is 2.84 bits per heavy atom. The highest BCUT2D eigenvalue weighted by atomic mass is 35.5. The zero-order chi connectivity index (χ0) is 13.6. The fourth-order valence-electron chi connectivity index (χ4n) is 2.06. The van der Waals surface area contributed by atoms with E-state index in [4.69, 9.17) is 11.6 Å². The van der Waals surface area contributed by atoms with Crippen LogP contribution in [-0.2, 0) is 4.79 Å². The fraction of sp³-hybridized carbons (Fsp3) is 0.0714. The van der Waals surface area contributed by atoms with Gasteiger partial charge in [0.1, 0.15) is 0 Å². The maximum absolute atomic E-state index is 12.0. The van der Waals surface area contributed by atoms with Gasteiger partial charge in [-0.2, -0.15) is 0 Å². The summed E-state index contributed by atoms with van der Waals surface area (Å²) >= 11 is 12.0. The summed E-state index contributed by atoms with van der Waals surface area (Å²) in [5, 5.41) is 3.46. The van der Waals surface area contributed by atoms with E-state index in [0.29, 0.717) is 10.6 Å². The summed E-state index contributed by atoms with van der Waals surface area (Å²) in [6.45, 7) is 2.02. The minimum atomic E-state index is -0.101. The molecule has 3 rings (SSSR count). The van der Waals surface area contributed by atoms with Crippen LogP contribution in [0.15, 0.2) is 29.2 Å². The van der Waals surface area contributed by atoms with Gasteiger partial charge in [-0.05, 0) is 37.3 Å². The normalized spacial score (nSPS) is 15.7. The van der Waals surface area contributed by atoms with Crippen LogP contribution in [0.5, 0.6) is 0 Å². The smallest absolute Gasteiger partial charge is 0.256 e. The summed E-state index contributed by atoms with van der Waals surface area (Å²) in [4.78, 5) is 15.1. The number of carbonyl (C=O) groups is 1. The highest BCUT2D eigenvalue weighted by molar-refractivity contribution is 7.80. The largest absolute Gasteiger partial charge is 0.321 e. The predicted octanol–water partition coefficient (Wildman–Crippen LogP) is 4.49. The molecule has 5 heteroatoms. The summed E-state index contributed by atoms with van der Waals surface area (Å²) in [5.41, 5.74) is 2.28. The lowest BCUT2D eigenvalue weighted by molar-refractivity contribution is -0.110. The number of thiol groups is 1. The Morgan fingerprint density at radius 1 is 1.37 bits per heavy atom. The molecule has 0 unspecified atom stereocenters. The van der Waals surface area contributed by atoms with E-state index in [0.717, 1.165) is 21.0 Å². The van der Waals surface area contributed by atoms with E-state index in [-0.39, 0.29) is 5.91 Å². The van der Waals surface area contributed by atoms with E-state index in [1.165, 1.54) is 4.88 Å². The maximum atomic E-state index is 12.0. The van der Waals surface area contributed by atoms with Gasteiger partial charge in [0.25, 0.3) is 5.91 Å². The van der Waals surface area contributed by atoms with Crippen molar-refractivity contribution in [1.29, 1.82) is 0 Å². The highest BCUT2D eigenvalue weighted by Crippen LogP contribution is 2.37. The van der Waals surface area contributed by atoms with Gasteiger partial charge in [0.15, 0.2) is 0 Å². The second kappa shape index (κ2) is 4.71. The van der Waals surface area contributed by atoms with Crippen LogP contribution < -0.4 is 5.32 Å². The molecule has 0 saturated carbocycles. The molecule has 1 aliphatic rings. The van der Waals surface area contributed by atoms with Gasteiger partial charge in [-0.1, -0.05) is 11.6 Å². The molecule has 1 amide bonds. The number of rotatable bonds is 1. The van der Waals surface area contributed by atoms with Crippen LogP contribution in [0.3, 0.4) is 0 Å². The monoisotopic (exact) mass is 307 g/mol. The molecule has 0 atom stereocenters. The molecular weight excluding hydrogens is 298 g/mol. The molecule has 1 aromatic carbocycles. The molecule has 2 nitrogen and oxygen atoms in total. The minimum absolute atomic E-state index is 0.101. The summed E-state index contributed by atoms with van der Waals surface area (Å²) in [7, 11) is 0. The quantitative estimate of drug-likeness (QED) is 0.590. The van der Waals surface area contributed by atoms with Crippen molar-refractivity contribution in [3.63, 3.8) is 0 Å².